The average molecular weight is 300 g/mol. The van der Waals surface area contributed by atoms with Crippen molar-refractivity contribution in [1.29, 1.82) is 0 Å². The number of methoxy groups -OCH3 is 4. The second-order valence-corrected chi connectivity index (χ2v) is 4.18. The van der Waals surface area contributed by atoms with Gasteiger partial charge in [0.05, 0.1) is 37.9 Å². The van der Waals surface area contributed by atoms with Crippen LogP contribution in [0.4, 0.5) is 11.4 Å². The summed E-state index contributed by atoms with van der Waals surface area (Å²) >= 11 is 0. The van der Waals surface area contributed by atoms with Gasteiger partial charge in [-0.2, -0.15) is 0 Å². The van der Waals surface area contributed by atoms with E-state index in [1.807, 2.05) is 0 Å². The summed E-state index contributed by atoms with van der Waals surface area (Å²) in [5.74, 6) is 0.709. The Kier molecular flexibility index (Phi) is 6.70. The van der Waals surface area contributed by atoms with E-state index in [9.17, 15) is 10.1 Å². The van der Waals surface area contributed by atoms with Crippen molar-refractivity contribution in [1.82, 2.24) is 0 Å². The second kappa shape index (κ2) is 8.28. The van der Waals surface area contributed by atoms with E-state index < -0.39 is 4.92 Å². The van der Waals surface area contributed by atoms with Gasteiger partial charge in [0.1, 0.15) is 5.69 Å². The predicted octanol–water partition coefficient (Wildman–Crippen LogP) is 1.69. The van der Waals surface area contributed by atoms with E-state index in [1.165, 1.54) is 26.4 Å². The van der Waals surface area contributed by atoms with Crippen molar-refractivity contribution in [3.05, 3.63) is 22.2 Å². The molecule has 0 saturated heterocycles. The van der Waals surface area contributed by atoms with Gasteiger partial charge in [0.2, 0.25) is 0 Å². The molecule has 0 aliphatic carbocycles. The van der Waals surface area contributed by atoms with E-state index in [0.29, 0.717) is 30.3 Å². The topological polar surface area (TPSA) is 92.1 Å². The Morgan fingerprint density at radius 1 is 1.19 bits per heavy atom. The van der Waals surface area contributed by atoms with Gasteiger partial charge in [-0.3, -0.25) is 10.1 Å². The van der Waals surface area contributed by atoms with Crippen molar-refractivity contribution in [2.45, 2.75) is 6.10 Å². The van der Waals surface area contributed by atoms with Crippen LogP contribution in [0.1, 0.15) is 0 Å². The number of nitro groups is 1. The molecule has 1 atom stereocenters. The Balaban J connectivity index is 3.00. The van der Waals surface area contributed by atoms with E-state index in [0.717, 1.165) is 0 Å². The molecule has 1 aromatic rings. The zero-order valence-corrected chi connectivity index (χ0v) is 12.5. The van der Waals surface area contributed by atoms with Crippen LogP contribution in [0.15, 0.2) is 12.1 Å². The maximum atomic E-state index is 11.1. The number of anilines is 1. The summed E-state index contributed by atoms with van der Waals surface area (Å²) in [6.07, 6.45) is -0.220. The molecule has 0 aliphatic rings. The molecule has 21 heavy (non-hydrogen) atoms. The van der Waals surface area contributed by atoms with Crippen LogP contribution >= 0.6 is 0 Å². The minimum Gasteiger partial charge on any atom is -0.493 e. The Labute approximate surface area is 123 Å². The van der Waals surface area contributed by atoms with E-state index in [1.54, 1.807) is 14.2 Å². The lowest BCUT2D eigenvalue weighted by atomic mass is 10.2. The number of benzene rings is 1. The van der Waals surface area contributed by atoms with Gasteiger partial charge >= 0.3 is 0 Å². The lowest BCUT2D eigenvalue weighted by Crippen LogP contribution is -2.26. The molecule has 1 N–H and O–H groups in total. The van der Waals surface area contributed by atoms with Crippen LogP contribution in [0.2, 0.25) is 0 Å². The van der Waals surface area contributed by atoms with Crippen LogP contribution in [0.3, 0.4) is 0 Å². The lowest BCUT2D eigenvalue weighted by Gasteiger charge is -2.17. The third-order valence-electron chi connectivity index (χ3n) is 2.90. The molecular formula is C13H20N2O6. The summed E-state index contributed by atoms with van der Waals surface area (Å²) in [6, 6.07) is 2.84. The quantitative estimate of drug-likeness (QED) is 0.548. The minimum absolute atomic E-state index is 0.0973. The fourth-order valence-corrected chi connectivity index (χ4v) is 1.78. The van der Waals surface area contributed by atoms with E-state index in [2.05, 4.69) is 5.32 Å². The number of ether oxygens (including phenoxy) is 4. The standard InChI is InChI=1S/C13H20N2O6/c1-18-8-9(19-2)7-14-10-5-12(20-3)13(21-4)6-11(10)15(16)17/h5-6,9,14H,7-8H2,1-4H3. The Morgan fingerprint density at radius 2 is 1.81 bits per heavy atom. The van der Waals surface area contributed by atoms with Crippen LogP contribution in [0.5, 0.6) is 11.5 Å². The largest absolute Gasteiger partial charge is 0.493 e. The molecule has 118 valence electrons. The molecule has 1 rings (SSSR count). The normalized spacial score (nSPS) is 11.8. The highest BCUT2D eigenvalue weighted by molar-refractivity contribution is 5.68. The van der Waals surface area contributed by atoms with Crippen LogP contribution < -0.4 is 14.8 Å². The van der Waals surface area contributed by atoms with Gasteiger partial charge in [0.15, 0.2) is 11.5 Å². The molecule has 0 aliphatic heterocycles. The number of hydrogen-bond donors (Lipinski definition) is 1. The first-order valence-corrected chi connectivity index (χ1v) is 6.23. The van der Waals surface area contributed by atoms with Gasteiger partial charge in [0.25, 0.3) is 5.69 Å². The van der Waals surface area contributed by atoms with E-state index >= 15 is 0 Å². The third kappa shape index (κ3) is 4.47. The van der Waals surface area contributed by atoms with Crippen molar-refractivity contribution in [2.24, 2.45) is 0 Å². The highest BCUT2D eigenvalue weighted by atomic mass is 16.6. The van der Waals surface area contributed by atoms with Crippen molar-refractivity contribution in [3.8, 4) is 11.5 Å². The fraction of sp³-hybridized carbons (Fsp3) is 0.538. The second-order valence-electron chi connectivity index (χ2n) is 4.18. The summed E-state index contributed by atoms with van der Waals surface area (Å²) < 4.78 is 20.4. The Hall–Kier alpha value is -2.06. The summed E-state index contributed by atoms with van der Waals surface area (Å²) in [4.78, 5) is 10.7. The summed E-state index contributed by atoms with van der Waals surface area (Å²) in [5.41, 5.74) is 0.232. The minimum atomic E-state index is -0.484. The van der Waals surface area contributed by atoms with Gasteiger partial charge in [-0.05, 0) is 0 Å². The molecule has 0 radical (unpaired) electrons. The Morgan fingerprint density at radius 3 is 2.29 bits per heavy atom. The van der Waals surface area contributed by atoms with Crippen molar-refractivity contribution in [2.75, 3.05) is 46.9 Å². The van der Waals surface area contributed by atoms with Gasteiger partial charge in [-0.25, -0.2) is 0 Å². The molecule has 0 spiro atoms. The van der Waals surface area contributed by atoms with Crippen molar-refractivity contribution < 1.29 is 23.9 Å². The predicted molar refractivity (Wildman–Crippen MR) is 77.4 cm³/mol. The molecule has 1 unspecified atom stereocenters. The van der Waals surface area contributed by atoms with Crippen LogP contribution in [-0.2, 0) is 9.47 Å². The van der Waals surface area contributed by atoms with Gasteiger partial charge in [-0.1, -0.05) is 0 Å². The highest BCUT2D eigenvalue weighted by Gasteiger charge is 2.20. The first-order chi connectivity index (χ1) is 10.1. The number of nitrogens with one attached hydrogen (secondary N) is 1. The maximum Gasteiger partial charge on any atom is 0.296 e. The van der Waals surface area contributed by atoms with Crippen molar-refractivity contribution in [3.63, 3.8) is 0 Å². The zero-order valence-electron chi connectivity index (χ0n) is 12.5. The molecule has 0 heterocycles. The lowest BCUT2D eigenvalue weighted by molar-refractivity contribution is -0.384. The summed E-state index contributed by atoms with van der Waals surface area (Å²) in [6.45, 7) is 0.741. The number of nitrogens with zero attached hydrogens (tertiary/aromatic N) is 1. The maximum absolute atomic E-state index is 11.1. The fourth-order valence-electron chi connectivity index (χ4n) is 1.78. The van der Waals surface area contributed by atoms with Gasteiger partial charge in [-0.15, -0.1) is 0 Å². The van der Waals surface area contributed by atoms with Crippen LogP contribution in [0, 0.1) is 10.1 Å². The van der Waals surface area contributed by atoms with Gasteiger partial charge in [0, 0.05) is 26.8 Å². The first-order valence-electron chi connectivity index (χ1n) is 6.23. The molecule has 0 bridgehead atoms. The molecule has 1 aromatic carbocycles. The molecular weight excluding hydrogens is 280 g/mol. The molecule has 0 saturated carbocycles. The van der Waals surface area contributed by atoms with Crippen LogP contribution in [-0.4, -0.2) is 52.6 Å². The Bertz CT molecular complexity index is 480. The summed E-state index contributed by atoms with van der Waals surface area (Å²) in [5, 5.41) is 14.1. The zero-order chi connectivity index (χ0) is 15.8. The molecule has 8 heteroatoms. The number of rotatable bonds is 9. The van der Waals surface area contributed by atoms with Crippen molar-refractivity contribution >= 4 is 11.4 Å². The number of nitro benzene ring substituents is 1. The molecule has 0 aromatic heterocycles. The number of hydrogen-bond acceptors (Lipinski definition) is 7. The molecule has 0 fully saturated rings. The van der Waals surface area contributed by atoms with Crippen LogP contribution in [0.25, 0.3) is 0 Å². The summed E-state index contributed by atoms with van der Waals surface area (Å²) in [7, 11) is 6.00. The average Bonchev–Trinajstić information content (AvgIpc) is 2.50. The highest BCUT2D eigenvalue weighted by Crippen LogP contribution is 2.37. The first kappa shape index (κ1) is 17.0. The molecule has 8 nitrogen and oxygen atoms in total. The van der Waals surface area contributed by atoms with Gasteiger partial charge < -0.3 is 24.3 Å². The van der Waals surface area contributed by atoms with E-state index in [-0.39, 0.29) is 11.8 Å². The smallest absolute Gasteiger partial charge is 0.296 e. The third-order valence-corrected chi connectivity index (χ3v) is 2.90. The van der Waals surface area contributed by atoms with E-state index in [4.69, 9.17) is 18.9 Å². The SMILES string of the molecule is COCC(CNc1cc(OC)c(OC)cc1[N+](=O)[O-])OC. The molecule has 0 amide bonds. The monoisotopic (exact) mass is 300 g/mol.